The Morgan fingerprint density at radius 1 is 1.19 bits per heavy atom. The number of carbonyl (C=O) groups excluding carboxylic acids is 1. The number of nitrogens with one attached hydrogen (secondary N) is 1. The highest BCUT2D eigenvalue weighted by molar-refractivity contribution is 7.87. The molecule has 8 heteroatoms. The molecule has 148 valence electrons. The molecular weight excluding hydrogens is 356 g/mol. The van der Waals surface area contributed by atoms with E-state index in [4.69, 9.17) is 8.92 Å². The van der Waals surface area contributed by atoms with E-state index in [-0.39, 0.29) is 17.8 Å². The molecule has 0 aliphatic rings. The minimum atomic E-state index is -3.75. The van der Waals surface area contributed by atoms with Gasteiger partial charge in [0.15, 0.2) is 11.5 Å². The summed E-state index contributed by atoms with van der Waals surface area (Å²) in [6.45, 7) is 9.81. The molecule has 0 spiro atoms. The van der Waals surface area contributed by atoms with Gasteiger partial charge in [-0.15, -0.1) is 0 Å². The Labute approximate surface area is 156 Å². The number of hydrogen-bond donors (Lipinski definition) is 1. The lowest BCUT2D eigenvalue weighted by atomic mass is 10.1. The molecule has 1 rings (SSSR count). The normalized spacial score (nSPS) is 12.6. The maximum absolute atomic E-state index is 12.3. The Hall–Kier alpha value is -1.96. The topological polar surface area (TPSA) is 84.9 Å². The average molecular weight is 387 g/mol. The smallest absolute Gasteiger partial charge is 0.317 e. The van der Waals surface area contributed by atoms with Gasteiger partial charge in [-0.1, -0.05) is 13.0 Å². The third-order valence-electron chi connectivity index (χ3n) is 4.08. The Bertz CT molecular complexity index is 704. The SMILES string of the molecule is CCNC(=O)N(Cc1ccc(OC)c(OS(=O)(=O)C(C)C)c1)[C@@H](C)CC. The fourth-order valence-corrected chi connectivity index (χ4v) is 2.78. The van der Waals surface area contributed by atoms with Gasteiger partial charge in [-0.3, -0.25) is 0 Å². The quantitative estimate of drug-likeness (QED) is 0.659. The second-order valence-corrected chi connectivity index (χ2v) is 8.43. The van der Waals surface area contributed by atoms with Crippen molar-refractivity contribution in [3.63, 3.8) is 0 Å². The van der Waals surface area contributed by atoms with Crippen LogP contribution in [0.1, 0.15) is 46.6 Å². The lowest BCUT2D eigenvalue weighted by Gasteiger charge is -2.29. The van der Waals surface area contributed by atoms with Gasteiger partial charge in [0.25, 0.3) is 0 Å². The molecule has 0 radical (unpaired) electrons. The number of urea groups is 1. The Morgan fingerprint density at radius 2 is 1.85 bits per heavy atom. The van der Waals surface area contributed by atoms with Crippen LogP contribution in [0.5, 0.6) is 11.5 Å². The third kappa shape index (κ3) is 5.79. The van der Waals surface area contributed by atoms with Crippen LogP contribution in [-0.2, 0) is 16.7 Å². The summed E-state index contributed by atoms with van der Waals surface area (Å²) in [6.07, 6.45) is 0.804. The van der Waals surface area contributed by atoms with Gasteiger partial charge < -0.3 is 19.1 Å². The first-order valence-electron chi connectivity index (χ1n) is 8.80. The first-order chi connectivity index (χ1) is 12.2. The van der Waals surface area contributed by atoms with Crippen LogP contribution in [0, 0.1) is 0 Å². The van der Waals surface area contributed by atoms with E-state index in [2.05, 4.69) is 5.32 Å². The van der Waals surface area contributed by atoms with Gasteiger partial charge in [-0.25, -0.2) is 4.79 Å². The largest absolute Gasteiger partial charge is 0.493 e. The Morgan fingerprint density at radius 3 is 2.35 bits per heavy atom. The summed E-state index contributed by atoms with van der Waals surface area (Å²) in [7, 11) is -2.30. The van der Waals surface area contributed by atoms with Crippen molar-refractivity contribution in [2.24, 2.45) is 0 Å². The van der Waals surface area contributed by atoms with Gasteiger partial charge in [-0.05, 0) is 51.8 Å². The molecule has 0 unspecified atom stereocenters. The van der Waals surface area contributed by atoms with Crippen molar-refractivity contribution in [3.8, 4) is 11.5 Å². The standard InChI is InChI=1S/C18H30N2O5S/c1-7-14(5)20(18(21)19-8-2)12-15-9-10-16(24-6)17(11-15)25-26(22,23)13(3)4/h9-11,13-14H,7-8,12H2,1-6H3,(H,19,21)/t14-/m0/s1. The summed E-state index contributed by atoms with van der Waals surface area (Å²) in [5, 5.41) is 2.13. The summed E-state index contributed by atoms with van der Waals surface area (Å²) in [5.41, 5.74) is 0.756. The van der Waals surface area contributed by atoms with Gasteiger partial charge in [0, 0.05) is 19.1 Å². The van der Waals surface area contributed by atoms with E-state index < -0.39 is 15.4 Å². The molecule has 0 aliphatic carbocycles. The number of methoxy groups -OCH3 is 1. The van der Waals surface area contributed by atoms with Crippen molar-refractivity contribution < 1.29 is 22.1 Å². The van der Waals surface area contributed by atoms with Crippen molar-refractivity contribution in [2.45, 2.75) is 58.9 Å². The lowest BCUT2D eigenvalue weighted by Crippen LogP contribution is -2.44. The van der Waals surface area contributed by atoms with E-state index in [1.54, 1.807) is 36.9 Å². The zero-order chi connectivity index (χ0) is 19.9. The molecule has 0 heterocycles. The molecule has 7 nitrogen and oxygen atoms in total. The maximum atomic E-state index is 12.3. The van der Waals surface area contributed by atoms with E-state index in [0.29, 0.717) is 18.8 Å². The lowest BCUT2D eigenvalue weighted by molar-refractivity contribution is 0.174. The maximum Gasteiger partial charge on any atom is 0.317 e. The van der Waals surface area contributed by atoms with E-state index in [1.807, 2.05) is 20.8 Å². The van der Waals surface area contributed by atoms with Crippen LogP contribution in [0.25, 0.3) is 0 Å². The van der Waals surface area contributed by atoms with Crippen molar-refractivity contribution in [1.29, 1.82) is 0 Å². The second-order valence-electron chi connectivity index (χ2n) is 6.33. The molecule has 1 N–H and O–H groups in total. The van der Waals surface area contributed by atoms with Gasteiger partial charge in [0.2, 0.25) is 0 Å². The Balaban J connectivity index is 3.16. The predicted octanol–water partition coefficient (Wildman–Crippen LogP) is 3.14. The minimum absolute atomic E-state index is 0.0346. The number of carbonyl (C=O) groups is 1. The first-order valence-corrected chi connectivity index (χ1v) is 10.3. The van der Waals surface area contributed by atoms with Crippen LogP contribution in [-0.4, -0.2) is 44.3 Å². The second kappa shape index (κ2) is 9.66. The van der Waals surface area contributed by atoms with Crippen molar-refractivity contribution in [1.82, 2.24) is 10.2 Å². The number of hydrogen-bond acceptors (Lipinski definition) is 5. The summed E-state index contributed by atoms with van der Waals surface area (Å²) in [5.74, 6) is 0.449. The van der Waals surface area contributed by atoms with E-state index >= 15 is 0 Å². The molecule has 0 aliphatic heterocycles. The van der Waals surface area contributed by atoms with E-state index in [0.717, 1.165) is 12.0 Å². The molecule has 1 aromatic rings. The highest BCUT2D eigenvalue weighted by Gasteiger charge is 2.23. The fraction of sp³-hybridized carbons (Fsp3) is 0.611. The molecule has 0 fully saturated rings. The number of ether oxygens (including phenoxy) is 1. The van der Waals surface area contributed by atoms with Crippen LogP contribution in [0.15, 0.2) is 18.2 Å². The fourth-order valence-electron chi connectivity index (χ4n) is 2.20. The van der Waals surface area contributed by atoms with Crippen LogP contribution in [0.2, 0.25) is 0 Å². The number of nitrogens with zero attached hydrogens (tertiary/aromatic N) is 1. The monoisotopic (exact) mass is 386 g/mol. The average Bonchev–Trinajstić information content (AvgIpc) is 2.58. The summed E-state index contributed by atoms with van der Waals surface area (Å²) < 4.78 is 34.6. The highest BCUT2D eigenvalue weighted by atomic mass is 32.2. The zero-order valence-corrected chi connectivity index (χ0v) is 17.2. The van der Waals surface area contributed by atoms with Crippen LogP contribution >= 0.6 is 0 Å². The molecule has 1 aromatic carbocycles. The van der Waals surface area contributed by atoms with E-state index in [1.165, 1.54) is 7.11 Å². The molecule has 0 saturated carbocycles. The summed E-state index contributed by atoms with van der Waals surface area (Å²) in [4.78, 5) is 14.1. The van der Waals surface area contributed by atoms with Gasteiger partial charge in [0.1, 0.15) is 0 Å². The van der Waals surface area contributed by atoms with Crippen LogP contribution in [0.4, 0.5) is 4.79 Å². The van der Waals surface area contributed by atoms with Crippen molar-refractivity contribution >= 4 is 16.1 Å². The van der Waals surface area contributed by atoms with Crippen molar-refractivity contribution in [2.75, 3.05) is 13.7 Å². The van der Waals surface area contributed by atoms with Gasteiger partial charge in [0.05, 0.1) is 12.4 Å². The summed E-state index contributed by atoms with van der Waals surface area (Å²) >= 11 is 0. The van der Waals surface area contributed by atoms with Gasteiger partial charge >= 0.3 is 16.1 Å². The molecule has 0 aromatic heterocycles. The molecule has 26 heavy (non-hydrogen) atoms. The Kier molecular flexibility index (Phi) is 8.20. The number of amides is 2. The third-order valence-corrected chi connectivity index (χ3v) is 5.64. The molecule has 2 amide bonds. The van der Waals surface area contributed by atoms with Crippen molar-refractivity contribution in [3.05, 3.63) is 23.8 Å². The van der Waals surface area contributed by atoms with Gasteiger partial charge in [-0.2, -0.15) is 8.42 Å². The van der Waals surface area contributed by atoms with Crippen LogP contribution < -0.4 is 14.2 Å². The molecule has 1 atom stereocenters. The minimum Gasteiger partial charge on any atom is -0.493 e. The number of rotatable bonds is 9. The number of benzene rings is 1. The zero-order valence-electron chi connectivity index (χ0n) is 16.4. The molecule has 0 saturated heterocycles. The molecule has 0 bridgehead atoms. The van der Waals surface area contributed by atoms with Crippen LogP contribution in [0.3, 0.4) is 0 Å². The first kappa shape index (κ1) is 22.1. The van der Waals surface area contributed by atoms with E-state index in [9.17, 15) is 13.2 Å². The predicted molar refractivity (Wildman–Crippen MR) is 102 cm³/mol. The highest BCUT2D eigenvalue weighted by Crippen LogP contribution is 2.30. The molecular formula is C18H30N2O5S. The summed E-state index contributed by atoms with van der Waals surface area (Å²) in [6, 6.07) is 4.92.